The first-order valence-corrected chi connectivity index (χ1v) is 6.49. The van der Waals surface area contributed by atoms with Crippen molar-refractivity contribution in [1.29, 1.82) is 0 Å². The molecule has 0 bridgehead atoms. The number of rotatable bonds is 1. The van der Waals surface area contributed by atoms with Crippen molar-refractivity contribution in [3.05, 3.63) is 0 Å². The van der Waals surface area contributed by atoms with Crippen molar-refractivity contribution >= 4 is 29.1 Å². The van der Waals surface area contributed by atoms with Gasteiger partial charge in [-0.3, -0.25) is 0 Å². The Labute approximate surface area is 96.8 Å². The fourth-order valence-corrected chi connectivity index (χ4v) is 3.03. The lowest BCUT2D eigenvalue weighted by molar-refractivity contribution is 0.380. The zero-order valence-corrected chi connectivity index (χ0v) is 11.1. The molecule has 2 nitrogen and oxygen atoms in total. The molecular formula is C10H20N2S2. The van der Waals surface area contributed by atoms with E-state index >= 15 is 0 Å². The summed E-state index contributed by atoms with van der Waals surface area (Å²) < 4.78 is 0.334. The van der Waals surface area contributed by atoms with Gasteiger partial charge in [0.05, 0.1) is 0 Å². The minimum absolute atomic E-state index is 0.334. The van der Waals surface area contributed by atoms with Gasteiger partial charge >= 0.3 is 0 Å². The molecule has 0 unspecified atom stereocenters. The van der Waals surface area contributed by atoms with Gasteiger partial charge in [-0.2, -0.15) is 11.8 Å². The number of hydrogen-bond acceptors (Lipinski definition) is 2. The van der Waals surface area contributed by atoms with Crippen LogP contribution in [-0.4, -0.2) is 39.6 Å². The van der Waals surface area contributed by atoms with Crippen molar-refractivity contribution in [2.75, 3.05) is 18.8 Å². The van der Waals surface area contributed by atoms with Crippen LogP contribution in [0.4, 0.5) is 0 Å². The van der Waals surface area contributed by atoms with Crippen molar-refractivity contribution in [2.45, 2.75) is 38.5 Å². The summed E-state index contributed by atoms with van der Waals surface area (Å²) in [5, 5.41) is 4.21. The highest BCUT2D eigenvalue weighted by Crippen LogP contribution is 2.29. The Morgan fingerprint density at radius 3 is 2.64 bits per heavy atom. The summed E-state index contributed by atoms with van der Waals surface area (Å²) in [5.41, 5.74) is 0. The number of nitrogens with zero attached hydrogens (tertiary/aromatic N) is 1. The van der Waals surface area contributed by atoms with Crippen molar-refractivity contribution in [3.8, 4) is 0 Å². The quantitative estimate of drug-likeness (QED) is 0.696. The maximum absolute atomic E-state index is 5.36. The molecule has 4 heteroatoms. The third-order valence-corrected chi connectivity index (χ3v) is 3.80. The van der Waals surface area contributed by atoms with Gasteiger partial charge < -0.3 is 10.2 Å². The van der Waals surface area contributed by atoms with Crippen molar-refractivity contribution in [3.63, 3.8) is 0 Å². The smallest absolute Gasteiger partial charge is 0.169 e. The average molecular weight is 232 g/mol. The first-order chi connectivity index (χ1) is 6.41. The molecule has 1 heterocycles. The van der Waals surface area contributed by atoms with Crippen LogP contribution in [0, 0.1) is 0 Å². The van der Waals surface area contributed by atoms with E-state index in [1.807, 2.05) is 11.8 Å². The molecule has 0 aliphatic carbocycles. The number of thioether (sulfide) groups is 1. The summed E-state index contributed by atoms with van der Waals surface area (Å²) in [7, 11) is 0. The Morgan fingerprint density at radius 2 is 2.14 bits per heavy atom. The molecule has 0 aromatic heterocycles. The second kappa shape index (κ2) is 4.71. The van der Waals surface area contributed by atoms with Gasteiger partial charge in [-0.15, -0.1) is 0 Å². The average Bonchev–Trinajstić information content (AvgIpc) is 2.01. The van der Waals surface area contributed by atoms with Crippen LogP contribution in [-0.2, 0) is 0 Å². The molecule has 0 saturated carbocycles. The summed E-state index contributed by atoms with van der Waals surface area (Å²) in [6.45, 7) is 10.9. The van der Waals surface area contributed by atoms with Gasteiger partial charge in [0, 0.05) is 29.6 Å². The van der Waals surface area contributed by atoms with Crippen LogP contribution in [0.1, 0.15) is 27.7 Å². The Morgan fingerprint density at radius 1 is 1.50 bits per heavy atom. The predicted molar refractivity (Wildman–Crippen MR) is 69.0 cm³/mol. The van der Waals surface area contributed by atoms with E-state index in [-0.39, 0.29) is 0 Å². The molecule has 1 N–H and O–H groups in total. The van der Waals surface area contributed by atoms with Crippen molar-refractivity contribution < 1.29 is 0 Å². The van der Waals surface area contributed by atoms with Crippen LogP contribution in [0.15, 0.2) is 0 Å². The molecule has 0 aromatic rings. The molecule has 1 fully saturated rings. The third-order valence-electron chi connectivity index (χ3n) is 2.13. The van der Waals surface area contributed by atoms with Gasteiger partial charge in [-0.05, 0) is 39.9 Å². The summed E-state index contributed by atoms with van der Waals surface area (Å²) in [5.74, 6) is 1.17. The molecule has 1 saturated heterocycles. The van der Waals surface area contributed by atoms with E-state index in [9.17, 15) is 0 Å². The normalized spacial score (nSPS) is 21.1. The highest BCUT2D eigenvalue weighted by Gasteiger charge is 2.28. The Hall–Kier alpha value is 0.0400. The van der Waals surface area contributed by atoms with Gasteiger partial charge in [0.1, 0.15) is 0 Å². The molecule has 0 spiro atoms. The van der Waals surface area contributed by atoms with Crippen LogP contribution < -0.4 is 5.32 Å². The lowest BCUT2D eigenvalue weighted by Crippen LogP contribution is -2.51. The predicted octanol–water partition coefficient (Wildman–Crippen LogP) is 2.10. The number of nitrogens with one attached hydrogen (secondary N) is 1. The SMILES string of the molecule is CC(C)NC(=S)N1CCSC(C)(C)C1. The van der Waals surface area contributed by atoms with Crippen LogP contribution in [0.2, 0.25) is 0 Å². The molecular weight excluding hydrogens is 212 g/mol. The molecule has 1 rings (SSSR count). The van der Waals surface area contributed by atoms with E-state index in [1.165, 1.54) is 5.75 Å². The van der Waals surface area contributed by atoms with Crippen LogP contribution in [0.25, 0.3) is 0 Å². The Bertz CT molecular complexity index is 214. The topological polar surface area (TPSA) is 15.3 Å². The van der Waals surface area contributed by atoms with Gasteiger partial charge in [0.25, 0.3) is 0 Å². The van der Waals surface area contributed by atoms with Gasteiger partial charge in [0.15, 0.2) is 5.11 Å². The van der Waals surface area contributed by atoms with Crippen LogP contribution in [0.5, 0.6) is 0 Å². The molecule has 14 heavy (non-hydrogen) atoms. The Kier molecular flexibility index (Phi) is 4.07. The lowest BCUT2D eigenvalue weighted by Gasteiger charge is -2.39. The zero-order valence-electron chi connectivity index (χ0n) is 9.46. The maximum atomic E-state index is 5.36. The van der Waals surface area contributed by atoms with Crippen molar-refractivity contribution in [1.82, 2.24) is 10.2 Å². The van der Waals surface area contributed by atoms with Gasteiger partial charge in [-0.25, -0.2) is 0 Å². The summed E-state index contributed by atoms with van der Waals surface area (Å²) in [6, 6.07) is 0.431. The number of thiocarbonyl (C=S) groups is 1. The number of hydrogen-bond donors (Lipinski definition) is 1. The molecule has 1 aliphatic rings. The van der Waals surface area contributed by atoms with E-state index in [2.05, 4.69) is 37.9 Å². The molecule has 0 atom stereocenters. The summed E-state index contributed by atoms with van der Waals surface area (Å²) in [6.07, 6.45) is 0. The summed E-state index contributed by atoms with van der Waals surface area (Å²) in [4.78, 5) is 2.28. The van der Waals surface area contributed by atoms with Gasteiger partial charge in [0.2, 0.25) is 0 Å². The molecule has 0 amide bonds. The van der Waals surface area contributed by atoms with Gasteiger partial charge in [-0.1, -0.05) is 0 Å². The first-order valence-electron chi connectivity index (χ1n) is 5.10. The van der Waals surface area contributed by atoms with Crippen molar-refractivity contribution in [2.24, 2.45) is 0 Å². The minimum Gasteiger partial charge on any atom is -0.360 e. The zero-order chi connectivity index (χ0) is 10.8. The summed E-state index contributed by atoms with van der Waals surface area (Å²) >= 11 is 7.39. The monoisotopic (exact) mass is 232 g/mol. The van der Waals surface area contributed by atoms with Crippen LogP contribution >= 0.6 is 24.0 Å². The fraction of sp³-hybridized carbons (Fsp3) is 0.900. The molecule has 0 radical (unpaired) electrons. The highest BCUT2D eigenvalue weighted by atomic mass is 32.2. The largest absolute Gasteiger partial charge is 0.360 e. The maximum Gasteiger partial charge on any atom is 0.169 e. The Balaban J connectivity index is 2.48. The lowest BCUT2D eigenvalue weighted by atomic mass is 10.2. The van der Waals surface area contributed by atoms with E-state index in [4.69, 9.17) is 12.2 Å². The highest BCUT2D eigenvalue weighted by molar-refractivity contribution is 8.00. The standard InChI is InChI=1S/C10H20N2S2/c1-8(2)11-9(13)12-5-6-14-10(3,4)7-12/h8H,5-7H2,1-4H3,(H,11,13). The second-order valence-electron chi connectivity index (χ2n) is 4.63. The fourth-order valence-electron chi connectivity index (χ4n) is 1.53. The minimum atomic E-state index is 0.334. The van der Waals surface area contributed by atoms with Crippen LogP contribution in [0.3, 0.4) is 0 Å². The first kappa shape index (κ1) is 12.1. The second-order valence-corrected chi connectivity index (χ2v) is 6.82. The van der Waals surface area contributed by atoms with E-state index in [0.717, 1.165) is 18.2 Å². The third kappa shape index (κ3) is 3.65. The van der Waals surface area contributed by atoms with E-state index < -0.39 is 0 Å². The molecule has 1 aliphatic heterocycles. The van der Waals surface area contributed by atoms with E-state index in [1.54, 1.807) is 0 Å². The van der Waals surface area contributed by atoms with E-state index in [0.29, 0.717) is 10.8 Å². The molecule has 82 valence electrons. The molecule has 0 aromatic carbocycles.